The van der Waals surface area contributed by atoms with Crippen molar-refractivity contribution in [3.8, 4) is 0 Å². The van der Waals surface area contributed by atoms with E-state index in [-0.39, 0.29) is 29.7 Å². The summed E-state index contributed by atoms with van der Waals surface area (Å²) in [5, 5.41) is 3.36. The molecule has 0 aromatic heterocycles. The van der Waals surface area contributed by atoms with Crippen LogP contribution in [0.1, 0.15) is 37.8 Å². The van der Waals surface area contributed by atoms with Gasteiger partial charge in [0.1, 0.15) is 0 Å². The van der Waals surface area contributed by atoms with Gasteiger partial charge in [0.15, 0.2) is 5.96 Å². The minimum absolute atomic E-state index is 0. The van der Waals surface area contributed by atoms with Crippen molar-refractivity contribution in [2.75, 3.05) is 33.3 Å². The Hall–Kier alpha value is -0.910. The standard InChI is InChI=1S/C19H32N4O3S.HI/c1-4-21-19(23-11-9-18(10-12-23)26-5-2)22-14-16-7-6-8-17(13-16)15-27(24,25)20-3;/h6-8,13,18,20H,4-5,9-12,14-15H2,1-3H3,(H,21,22);1H. The Morgan fingerprint density at radius 3 is 2.54 bits per heavy atom. The van der Waals surface area contributed by atoms with Crippen molar-refractivity contribution in [1.29, 1.82) is 0 Å². The molecular weight excluding hydrogens is 491 g/mol. The molecule has 1 aromatic carbocycles. The van der Waals surface area contributed by atoms with Crippen molar-refractivity contribution in [3.63, 3.8) is 0 Å². The number of nitrogens with zero attached hydrogens (tertiary/aromatic N) is 2. The molecule has 2 N–H and O–H groups in total. The molecule has 0 saturated carbocycles. The fraction of sp³-hybridized carbons (Fsp3) is 0.632. The average molecular weight is 524 g/mol. The second kappa shape index (κ2) is 12.6. The lowest BCUT2D eigenvalue weighted by atomic mass is 10.1. The lowest BCUT2D eigenvalue weighted by molar-refractivity contribution is 0.0263. The number of ether oxygens (including phenoxy) is 1. The molecule has 0 bridgehead atoms. The summed E-state index contributed by atoms with van der Waals surface area (Å²) in [6, 6.07) is 7.59. The van der Waals surface area contributed by atoms with Crippen LogP contribution in [0.2, 0.25) is 0 Å². The van der Waals surface area contributed by atoms with Crippen molar-refractivity contribution >= 4 is 40.0 Å². The van der Waals surface area contributed by atoms with Crippen LogP contribution in [0.25, 0.3) is 0 Å². The monoisotopic (exact) mass is 524 g/mol. The van der Waals surface area contributed by atoms with Gasteiger partial charge in [-0.1, -0.05) is 24.3 Å². The number of likely N-dealkylation sites (tertiary alicyclic amines) is 1. The number of aliphatic imine (C=N–C) groups is 1. The maximum absolute atomic E-state index is 11.7. The molecule has 0 unspecified atom stereocenters. The number of guanidine groups is 1. The van der Waals surface area contributed by atoms with Gasteiger partial charge in [-0.05, 0) is 44.9 Å². The zero-order valence-corrected chi connectivity index (χ0v) is 20.1. The van der Waals surface area contributed by atoms with Crippen LogP contribution in [0.4, 0.5) is 0 Å². The quantitative estimate of drug-likeness (QED) is 0.310. The summed E-state index contributed by atoms with van der Waals surface area (Å²) in [5.74, 6) is 0.882. The summed E-state index contributed by atoms with van der Waals surface area (Å²) >= 11 is 0. The Kier molecular flexibility index (Phi) is 11.3. The number of rotatable bonds is 8. The number of halogens is 1. The zero-order chi connectivity index (χ0) is 19.7. The molecule has 0 amide bonds. The fourth-order valence-electron chi connectivity index (χ4n) is 3.17. The minimum atomic E-state index is -3.27. The van der Waals surface area contributed by atoms with Crippen molar-refractivity contribution < 1.29 is 13.2 Å². The molecule has 9 heteroatoms. The predicted octanol–water partition coefficient (Wildman–Crippen LogP) is 2.32. The van der Waals surface area contributed by atoms with E-state index in [2.05, 4.69) is 21.9 Å². The number of hydrogen-bond acceptors (Lipinski definition) is 4. The molecule has 7 nitrogen and oxygen atoms in total. The van der Waals surface area contributed by atoms with E-state index >= 15 is 0 Å². The maximum atomic E-state index is 11.7. The first-order valence-corrected chi connectivity index (χ1v) is 11.3. The minimum Gasteiger partial charge on any atom is -0.378 e. The number of piperidine rings is 1. The van der Waals surface area contributed by atoms with Crippen LogP contribution in [0.3, 0.4) is 0 Å². The molecule has 1 aliphatic rings. The van der Waals surface area contributed by atoms with E-state index < -0.39 is 10.0 Å². The summed E-state index contributed by atoms with van der Waals surface area (Å²) in [5.41, 5.74) is 1.76. The Labute approximate surface area is 186 Å². The highest BCUT2D eigenvalue weighted by molar-refractivity contribution is 14.0. The van der Waals surface area contributed by atoms with Crippen LogP contribution in [0.15, 0.2) is 29.3 Å². The molecule has 1 aliphatic heterocycles. The molecule has 160 valence electrons. The van der Waals surface area contributed by atoms with Crippen LogP contribution in [-0.4, -0.2) is 58.7 Å². The van der Waals surface area contributed by atoms with E-state index in [1.54, 1.807) is 0 Å². The van der Waals surface area contributed by atoms with Gasteiger partial charge in [0.2, 0.25) is 10.0 Å². The molecule has 0 radical (unpaired) electrons. The normalized spacial score (nSPS) is 16.0. The molecule has 0 spiro atoms. The number of benzene rings is 1. The SMILES string of the molecule is CCNC(=NCc1cccc(CS(=O)(=O)NC)c1)N1CCC(OCC)CC1.I. The second-order valence-electron chi connectivity index (χ2n) is 6.60. The Bertz CT molecular complexity index is 720. The fourth-order valence-corrected chi connectivity index (χ4v) is 3.93. The zero-order valence-electron chi connectivity index (χ0n) is 17.0. The van der Waals surface area contributed by atoms with Gasteiger partial charge in [-0.2, -0.15) is 0 Å². The van der Waals surface area contributed by atoms with E-state index in [4.69, 9.17) is 9.73 Å². The van der Waals surface area contributed by atoms with Gasteiger partial charge in [-0.25, -0.2) is 18.1 Å². The first-order chi connectivity index (χ1) is 13.0. The molecule has 1 fully saturated rings. The summed E-state index contributed by atoms with van der Waals surface area (Å²) in [6.45, 7) is 8.04. The molecule has 1 aromatic rings. The lowest BCUT2D eigenvalue weighted by Gasteiger charge is -2.34. The molecule has 1 heterocycles. The second-order valence-corrected chi connectivity index (χ2v) is 8.52. The lowest BCUT2D eigenvalue weighted by Crippen LogP contribution is -2.47. The largest absolute Gasteiger partial charge is 0.378 e. The number of sulfonamides is 1. The number of nitrogens with one attached hydrogen (secondary N) is 2. The summed E-state index contributed by atoms with van der Waals surface area (Å²) in [7, 11) is -1.84. The highest BCUT2D eigenvalue weighted by Crippen LogP contribution is 2.15. The highest BCUT2D eigenvalue weighted by atomic mass is 127. The molecular formula is C19H33IN4O3S. The van der Waals surface area contributed by atoms with E-state index in [1.807, 2.05) is 31.2 Å². The maximum Gasteiger partial charge on any atom is 0.215 e. The average Bonchev–Trinajstić information content (AvgIpc) is 2.66. The van der Waals surface area contributed by atoms with Gasteiger partial charge in [0, 0.05) is 26.2 Å². The molecule has 1 saturated heterocycles. The first kappa shape index (κ1) is 25.1. The van der Waals surface area contributed by atoms with Crippen LogP contribution in [-0.2, 0) is 27.1 Å². The van der Waals surface area contributed by atoms with Gasteiger partial charge in [-0.3, -0.25) is 0 Å². The van der Waals surface area contributed by atoms with E-state index in [1.165, 1.54) is 7.05 Å². The van der Waals surface area contributed by atoms with Gasteiger partial charge in [0.05, 0.1) is 18.4 Å². The van der Waals surface area contributed by atoms with Crippen LogP contribution in [0, 0.1) is 0 Å². The number of hydrogen-bond donors (Lipinski definition) is 2. The van der Waals surface area contributed by atoms with E-state index in [0.717, 1.165) is 56.2 Å². The van der Waals surface area contributed by atoms with Gasteiger partial charge in [0.25, 0.3) is 0 Å². The van der Waals surface area contributed by atoms with Crippen LogP contribution >= 0.6 is 24.0 Å². The van der Waals surface area contributed by atoms with Crippen molar-refractivity contribution in [1.82, 2.24) is 14.9 Å². The van der Waals surface area contributed by atoms with Crippen molar-refractivity contribution in [2.45, 2.75) is 45.1 Å². The summed E-state index contributed by atoms with van der Waals surface area (Å²) in [6.07, 6.45) is 2.37. The van der Waals surface area contributed by atoms with Crippen molar-refractivity contribution in [2.24, 2.45) is 4.99 Å². The predicted molar refractivity (Wildman–Crippen MR) is 125 cm³/mol. The third-order valence-electron chi connectivity index (χ3n) is 4.55. The topological polar surface area (TPSA) is 83.0 Å². The van der Waals surface area contributed by atoms with Crippen LogP contribution < -0.4 is 10.0 Å². The third-order valence-corrected chi connectivity index (χ3v) is 5.88. The smallest absolute Gasteiger partial charge is 0.215 e. The summed E-state index contributed by atoms with van der Waals surface area (Å²) in [4.78, 5) is 7.03. The molecule has 0 atom stereocenters. The molecule has 2 rings (SSSR count). The third kappa shape index (κ3) is 8.22. The molecule has 0 aliphatic carbocycles. The Morgan fingerprint density at radius 2 is 1.93 bits per heavy atom. The van der Waals surface area contributed by atoms with E-state index in [9.17, 15) is 8.42 Å². The first-order valence-electron chi connectivity index (χ1n) is 9.61. The van der Waals surface area contributed by atoms with Crippen LogP contribution in [0.5, 0.6) is 0 Å². The Balaban J connectivity index is 0.00000392. The van der Waals surface area contributed by atoms with Gasteiger partial charge in [-0.15, -0.1) is 24.0 Å². The van der Waals surface area contributed by atoms with E-state index in [0.29, 0.717) is 12.6 Å². The van der Waals surface area contributed by atoms with Crippen molar-refractivity contribution in [3.05, 3.63) is 35.4 Å². The molecule has 28 heavy (non-hydrogen) atoms. The van der Waals surface area contributed by atoms with Gasteiger partial charge >= 0.3 is 0 Å². The Morgan fingerprint density at radius 1 is 1.25 bits per heavy atom. The summed E-state index contributed by atoms with van der Waals surface area (Å²) < 4.78 is 31.6. The van der Waals surface area contributed by atoms with Gasteiger partial charge < -0.3 is 15.0 Å². The highest BCUT2D eigenvalue weighted by Gasteiger charge is 2.21.